The molecule has 1 aromatic rings. The highest BCUT2D eigenvalue weighted by Gasteiger charge is 2.18. The second-order valence-corrected chi connectivity index (χ2v) is 4.94. The maximum absolute atomic E-state index is 11.4. The van der Waals surface area contributed by atoms with E-state index < -0.39 is 18.2 Å². The van der Waals surface area contributed by atoms with Crippen LogP contribution in [0.3, 0.4) is 0 Å². The third-order valence-corrected chi connectivity index (χ3v) is 2.99. The van der Waals surface area contributed by atoms with Crippen molar-refractivity contribution in [2.45, 2.75) is 32.0 Å². The van der Waals surface area contributed by atoms with Gasteiger partial charge >= 0.3 is 11.9 Å². The van der Waals surface area contributed by atoms with Crippen LogP contribution in [0, 0.1) is 0 Å². The zero-order valence-corrected chi connectivity index (χ0v) is 13.3. The summed E-state index contributed by atoms with van der Waals surface area (Å²) in [7, 11) is 0. The van der Waals surface area contributed by atoms with Crippen molar-refractivity contribution in [1.29, 1.82) is 0 Å². The van der Waals surface area contributed by atoms with E-state index in [2.05, 4.69) is 13.2 Å². The van der Waals surface area contributed by atoms with Crippen LogP contribution in [0.25, 0.3) is 6.08 Å². The van der Waals surface area contributed by atoms with Gasteiger partial charge in [0.1, 0.15) is 12.2 Å². The van der Waals surface area contributed by atoms with Gasteiger partial charge in [-0.05, 0) is 11.6 Å². The zero-order valence-electron chi connectivity index (χ0n) is 13.3. The lowest BCUT2D eigenvalue weighted by Gasteiger charge is -2.20. The largest absolute Gasteiger partial charge is 0.459 e. The standard InChI is InChI=1S/C19H22O4/c1-4-9-17(23-19(21)5-2)14-18(22-15(3)20)13-12-16-10-7-6-8-11-16/h4-8,10-13,17-18H,1-2,9,14H2,3H3/b13-12+/t17-,18-/m0/s1. The Labute approximate surface area is 137 Å². The lowest BCUT2D eigenvalue weighted by molar-refractivity contribution is -0.148. The van der Waals surface area contributed by atoms with Crippen LogP contribution in [0.1, 0.15) is 25.3 Å². The second kappa shape index (κ2) is 10.2. The molecule has 0 saturated carbocycles. The lowest BCUT2D eigenvalue weighted by atomic mass is 10.1. The third-order valence-electron chi connectivity index (χ3n) is 2.99. The molecule has 122 valence electrons. The van der Waals surface area contributed by atoms with Gasteiger partial charge in [-0.2, -0.15) is 0 Å². The summed E-state index contributed by atoms with van der Waals surface area (Å²) in [6, 6.07) is 9.66. The highest BCUT2D eigenvalue weighted by atomic mass is 16.6. The minimum Gasteiger partial charge on any atom is -0.459 e. The van der Waals surface area contributed by atoms with Crippen molar-refractivity contribution in [3.8, 4) is 0 Å². The van der Waals surface area contributed by atoms with Crippen molar-refractivity contribution < 1.29 is 19.1 Å². The molecule has 2 atom stereocenters. The Morgan fingerprint density at radius 3 is 2.43 bits per heavy atom. The zero-order chi connectivity index (χ0) is 17.1. The monoisotopic (exact) mass is 314 g/mol. The fraction of sp³-hybridized carbons (Fsp3) is 0.263. The minimum absolute atomic E-state index is 0.356. The maximum atomic E-state index is 11.4. The first-order chi connectivity index (χ1) is 11.0. The van der Waals surface area contributed by atoms with Gasteiger partial charge in [0.05, 0.1) is 0 Å². The summed E-state index contributed by atoms with van der Waals surface area (Å²) in [6.07, 6.45) is 6.33. The highest BCUT2D eigenvalue weighted by Crippen LogP contribution is 2.14. The van der Waals surface area contributed by atoms with E-state index in [0.717, 1.165) is 11.6 Å². The first-order valence-electron chi connectivity index (χ1n) is 7.39. The molecule has 0 N–H and O–H groups in total. The molecule has 0 aromatic heterocycles. The van der Waals surface area contributed by atoms with E-state index in [1.54, 1.807) is 12.2 Å². The number of carbonyl (C=O) groups excluding carboxylic acids is 2. The Kier molecular flexibility index (Phi) is 8.14. The van der Waals surface area contributed by atoms with Gasteiger partial charge < -0.3 is 9.47 Å². The molecule has 0 unspecified atom stereocenters. The summed E-state index contributed by atoms with van der Waals surface area (Å²) in [4.78, 5) is 22.7. The van der Waals surface area contributed by atoms with Gasteiger partial charge in [0, 0.05) is 25.8 Å². The number of rotatable bonds is 9. The molecule has 1 aromatic carbocycles. The molecule has 4 nitrogen and oxygen atoms in total. The second-order valence-electron chi connectivity index (χ2n) is 4.94. The molecule has 0 radical (unpaired) electrons. The molecule has 0 aliphatic rings. The van der Waals surface area contributed by atoms with Crippen LogP contribution in [-0.4, -0.2) is 24.1 Å². The van der Waals surface area contributed by atoms with Crippen LogP contribution in [0.5, 0.6) is 0 Å². The summed E-state index contributed by atoms with van der Waals surface area (Å²) in [5, 5.41) is 0. The third kappa shape index (κ3) is 7.81. The predicted octanol–water partition coefficient (Wildman–Crippen LogP) is 3.70. The van der Waals surface area contributed by atoms with Crippen molar-refractivity contribution in [2.24, 2.45) is 0 Å². The minimum atomic E-state index is -0.509. The molecule has 0 heterocycles. The Morgan fingerprint density at radius 1 is 1.17 bits per heavy atom. The fourth-order valence-electron chi connectivity index (χ4n) is 2.01. The summed E-state index contributed by atoms with van der Waals surface area (Å²) in [6.45, 7) is 8.38. The summed E-state index contributed by atoms with van der Waals surface area (Å²) in [5.74, 6) is -0.898. The van der Waals surface area contributed by atoms with E-state index in [1.807, 2.05) is 36.4 Å². The molecule has 0 aliphatic carbocycles. The number of hydrogen-bond donors (Lipinski definition) is 0. The van der Waals surface area contributed by atoms with E-state index >= 15 is 0 Å². The fourth-order valence-corrected chi connectivity index (χ4v) is 2.01. The van der Waals surface area contributed by atoms with Gasteiger partial charge in [0.15, 0.2) is 0 Å². The van der Waals surface area contributed by atoms with Gasteiger partial charge in [-0.15, -0.1) is 6.58 Å². The topological polar surface area (TPSA) is 52.6 Å². The average Bonchev–Trinajstić information content (AvgIpc) is 2.53. The van der Waals surface area contributed by atoms with Crippen LogP contribution < -0.4 is 0 Å². The molecule has 4 heteroatoms. The molecular weight excluding hydrogens is 292 g/mol. The highest BCUT2D eigenvalue weighted by molar-refractivity contribution is 5.81. The van der Waals surface area contributed by atoms with E-state index in [1.165, 1.54) is 6.92 Å². The van der Waals surface area contributed by atoms with Crippen molar-refractivity contribution in [3.63, 3.8) is 0 Å². The summed E-state index contributed by atoms with van der Waals surface area (Å²) < 4.78 is 10.5. The summed E-state index contributed by atoms with van der Waals surface area (Å²) in [5.41, 5.74) is 0.994. The van der Waals surface area contributed by atoms with Gasteiger partial charge in [-0.1, -0.05) is 49.1 Å². The van der Waals surface area contributed by atoms with E-state index in [0.29, 0.717) is 12.8 Å². The molecule has 0 saturated heterocycles. The normalized spacial score (nSPS) is 13.1. The Morgan fingerprint density at radius 2 is 1.87 bits per heavy atom. The quantitative estimate of drug-likeness (QED) is 0.396. The van der Waals surface area contributed by atoms with Crippen LogP contribution >= 0.6 is 0 Å². The van der Waals surface area contributed by atoms with Gasteiger partial charge in [0.2, 0.25) is 0 Å². The van der Waals surface area contributed by atoms with Gasteiger partial charge in [-0.3, -0.25) is 4.79 Å². The van der Waals surface area contributed by atoms with Crippen molar-refractivity contribution in [1.82, 2.24) is 0 Å². The Bertz CT molecular complexity index is 560. The molecule has 1 rings (SSSR count). The van der Waals surface area contributed by atoms with Crippen molar-refractivity contribution >= 4 is 18.0 Å². The first-order valence-corrected chi connectivity index (χ1v) is 7.39. The van der Waals surface area contributed by atoms with E-state index in [-0.39, 0.29) is 5.97 Å². The Balaban J connectivity index is 2.80. The number of benzene rings is 1. The summed E-state index contributed by atoms with van der Waals surface area (Å²) >= 11 is 0. The SMILES string of the molecule is C=CC[C@@H](C[C@H](/C=C/c1ccccc1)OC(C)=O)OC(=O)C=C. The first kappa shape index (κ1) is 18.4. The van der Waals surface area contributed by atoms with Crippen LogP contribution in [0.2, 0.25) is 0 Å². The van der Waals surface area contributed by atoms with Gasteiger partial charge in [-0.25, -0.2) is 4.79 Å². The predicted molar refractivity (Wildman–Crippen MR) is 90.5 cm³/mol. The number of esters is 2. The van der Waals surface area contributed by atoms with E-state index in [9.17, 15) is 9.59 Å². The number of carbonyl (C=O) groups is 2. The number of ether oxygens (including phenoxy) is 2. The average molecular weight is 314 g/mol. The van der Waals surface area contributed by atoms with E-state index in [4.69, 9.17) is 9.47 Å². The molecular formula is C19H22O4. The Hall–Kier alpha value is -2.62. The smallest absolute Gasteiger partial charge is 0.330 e. The maximum Gasteiger partial charge on any atom is 0.330 e. The molecule has 23 heavy (non-hydrogen) atoms. The van der Waals surface area contributed by atoms with Crippen molar-refractivity contribution in [3.05, 3.63) is 67.3 Å². The number of hydrogen-bond acceptors (Lipinski definition) is 4. The molecule has 0 spiro atoms. The van der Waals surface area contributed by atoms with Gasteiger partial charge in [0.25, 0.3) is 0 Å². The van der Waals surface area contributed by atoms with Crippen LogP contribution in [0.4, 0.5) is 0 Å². The van der Waals surface area contributed by atoms with Crippen LogP contribution in [0.15, 0.2) is 61.7 Å². The molecule has 0 aliphatic heterocycles. The molecule has 0 amide bonds. The van der Waals surface area contributed by atoms with Crippen molar-refractivity contribution in [2.75, 3.05) is 0 Å². The van der Waals surface area contributed by atoms with Crippen LogP contribution in [-0.2, 0) is 19.1 Å². The molecule has 0 bridgehead atoms. The lowest BCUT2D eigenvalue weighted by Crippen LogP contribution is -2.25. The molecule has 0 fully saturated rings.